The molecule has 130 valence electrons. The van der Waals surface area contributed by atoms with Gasteiger partial charge < -0.3 is 5.11 Å². The van der Waals surface area contributed by atoms with E-state index in [-0.39, 0.29) is 6.10 Å². The fourth-order valence-corrected chi connectivity index (χ4v) is 4.85. The van der Waals surface area contributed by atoms with Crippen LogP contribution >= 0.6 is 0 Å². The summed E-state index contributed by atoms with van der Waals surface area (Å²) in [5, 5.41) is 10.3. The first-order valence-corrected chi connectivity index (χ1v) is 10.5. The molecule has 1 heteroatoms. The van der Waals surface area contributed by atoms with Gasteiger partial charge in [0.15, 0.2) is 0 Å². The summed E-state index contributed by atoms with van der Waals surface area (Å²) in [6, 6.07) is 0. The molecule has 22 heavy (non-hydrogen) atoms. The largest absolute Gasteiger partial charge is 0.393 e. The first-order valence-electron chi connectivity index (χ1n) is 10.5. The lowest BCUT2D eigenvalue weighted by molar-refractivity contribution is 0.109. The number of hydrogen-bond acceptors (Lipinski definition) is 1. The van der Waals surface area contributed by atoms with Gasteiger partial charge >= 0.3 is 0 Å². The van der Waals surface area contributed by atoms with E-state index in [1.54, 1.807) is 0 Å². The summed E-state index contributed by atoms with van der Waals surface area (Å²) in [4.78, 5) is 0. The standard InChI is InChI=1S/C21H40O/c1-2-3-5-8-18-11-13-19(14-12-18)15-16-21(22)17-20-9-6-4-7-10-20/h18-22H,2-17H2,1H3. The van der Waals surface area contributed by atoms with Crippen molar-refractivity contribution in [2.24, 2.45) is 17.8 Å². The average Bonchev–Trinajstić information content (AvgIpc) is 2.55. The Kier molecular flexibility index (Phi) is 8.89. The van der Waals surface area contributed by atoms with Crippen molar-refractivity contribution in [3.63, 3.8) is 0 Å². The predicted molar refractivity (Wildman–Crippen MR) is 96.0 cm³/mol. The smallest absolute Gasteiger partial charge is 0.0543 e. The predicted octanol–water partition coefficient (Wildman–Crippen LogP) is 6.48. The molecule has 0 aromatic rings. The van der Waals surface area contributed by atoms with Crippen LogP contribution in [0.25, 0.3) is 0 Å². The van der Waals surface area contributed by atoms with Crippen molar-refractivity contribution in [3.8, 4) is 0 Å². The van der Waals surface area contributed by atoms with Crippen LogP contribution in [0.2, 0.25) is 0 Å². The number of unbranched alkanes of at least 4 members (excludes halogenated alkanes) is 2. The van der Waals surface area contributed by atoms with E-state index in [9.17, 15) is 5.11 Å². The SMILES string of the molecule is CCCCCC1CCC(CCC(O)CC2CCCCC2)CC1. The lowest BCUT2D eigenvalue weighted by atomic mass is 9.77. The van der Waals surface area contributed by atoms with Crippen molar-refractivity contribution < 1.29 is 5.11 Å². The molecule has 1 unspecified atom stereocenters. The zero-order chi connectivity index (χ0) is 15.6. The molecule has 0 heterocycles. The van der Waals surface area contributed by atoms with Crippen LogP contribution in [0.5, 0.6) is 0 Å². The van der Waals surface area contributed by atoms with Gasteiger partial charge in [-0.1, -0.05) is 90.4 Å². The Bertz CT molecular complexity index is 261. The zero-order valence-electron chi connectivity index (χ0n) is 15.1. The minimum Gasteiger partial charge on any atom is -0.393 e. The number of aliphatic hydroxyl groups is 1. The minimum atomic E-state index is -0.00891. The monoisotopic (exact) mass is 308 g/mol. The topological polar surface area (TPSA) is 20.2 Å². The van der Waals surface area contributed by atoms with E-state index in [4.69, 9.17) is 0 Å². The maximum absolute atomic E-state index is 10.3. The van der Waals surface area contributed by atoms with Crippen LogP contribution in [0, 0.1) is 17.8 Å². The van der Waals surface area contributed by atoms with Crippen LogP contribution in [0.4, 0.5) is 0 Å². The van der Waals surface area contributed by atoms with Gasteiger partial charge in [0.2, 0.25) is 0 Å². The van der Waals surface area contributed by atoms with Gasteiger partial charge in [-0.25, -0.2) is 0 Å². The molecule has 0 aromatic carbocycles. The Labute approximate surface area is 139 Å². The van der Waals surface area contributed by atoms with Crippen molar-refractivity contribution in [3.05, 3.63) is 0 Å². The molecule has 0 saturated heterocycles. The molecule has 2 fully saturated rings. The summed E-state index contributed by atoms with van der Waals surface area (Å²) in [6.45, 7) is 2.30. The molecule has 0 spiro atoms. The van der Waals surface area contributed by atoms with Crippen molar-refractivity contribution in [2.75, 3.05) is 0 Å². The molecule has 2 aliphatic carbocycles. The Hall–Kier alpha value is -0.0400. The second-order valence-corrected chi connectivity index (χ2v) is 8.35. The van der Waals surface area contributed by atoms with E-state index in [0.717, 1.165) is 30.6 Å². The molecule has 1 nitrogen and oxygen atoms in total. The summed E-state index contributed by atoms with van der Waals surface area (Å²) in [5.74, 6) is 2.77. The highest BCUT2D eigenvalue weighted by molar-refractivity contribution is 4.75. The van der Waals surface area contributed by atoms with Crippen LogP contribution in [-0.2, 0) is 0 Å². The highest BCUT2D eigenvalue weighted by atomic mass is 16.3. The van der Waals surface area contributed by atoms with Crippen molar-refractivity contribution >= 4 is 0 Å². The molecular weight excluding hydrogens is 268 g/mol. The molecule has 0 aliphatic heterocycles. The van der Waals surface area contributed by atoms with Crippen LogP contribution < -0.4 is 0 Å². The molecule has 0 aromatic heterocycles. The summed E-state index contributed by atoms with van der Waals surface area (Å²) in [6.07, 6.45) is 21.9. The Morgan fingerprint density at radius 1 is 0.773 bits per heavy atom. The first kappa shape index (κ1) is 18.3. The van der Waals surface area contributed by atoms with Gasteiger partial charge in [0, 0.05) is 0 Å². The van der Waals surface area contributed by atoms with E-state index in [0.29, 0.717) is 0 Å². The molecule has 2 rings (SSSR count). The van der Waals surface area contributed by atoms with Crippen molar-refractivity contribution in [1.82, 2.24) is 0 Å². The van der Waals surface area contributed by atoms with Crippen molar-refractivity contribution in [1.29, 1.82) is 0 Å². The third kappa shape index (κ3) is 7.02. The van der Waals surface area contributed by atoms with E-state index >= 15 is 0 Å². The Morgan fingerprint density at radius 2 is 1.41 bits per heavy atom. The minimum absolute atomic E-state index is 0.00891. The second kappa shape index (κ2) is 10.7. The maximum atomic E-state index is 10.3. The third-order valence-corrected chi connectivity index (χ3v) is 6.42. The molecule has 0 radical (unpaired) electrons. The Balaban J connectivity index is 1.52. The fourth-order valence-electron chi connectivity index (χ4n) is 4.85. The van der Waals surface area contributed by atoms with Crippen molar-refractivity contribution in [2.45, 2.75) is 116 Å². The molecule has 2 aliphatic rings. The lowest BCUT2D eigenvalue weighted by Gasteiger charge is -2.30. The highest BCUT2D eigenvalue weighted by Crippen LogP contribution is 2.35. The van der Waals surface area contributed by atoms with Gasteiger partial charge in [0.25, 0.3) is 0 Å². The molecule has 0 bridgehead atoms. The summed E-state index contributed by atoms with van der Waals surface area (Å²) in [7, 11) is 0. The number of hydrogen-bond donors (Lipinski definition) is 1. The number of rotatable bonds is 9. The van der Waals surface area contributed by atoms with Crippen LogP contribution in [-0.4, -0.2) is 11.2 Å². The van der Waals surface area contributed by atoms with Gasteiger partial charge in [0.05, 0.1) is 6.10 Å². The molecule has 1 atom stereocenters. The average molecular weight is 309 g/mol. The number of aliphatic hydroxyl groups excluding tert-OH is 1. The third-order valence-electron chi connectivity index (χ3n) is 6.42. The Morgan fingerprint density at radius 3 is 2.05 bits per heavy atom. The van der Waals surface area contributed by atoms with E-state index in [2.05, 4.69) is 6.92 Å². The quantitative estimate of drug-likeness (QED) is 0.483. The van der Waals surface area contributed by atoms with E-state index in [1.165, 1.54) is 89.9 Å². The van der Waals surface area contributed by atoms with E-state index in [1.807, 2.05) is 0 Å². The van der Waals surface area contributed by atoms with Gasteiger partial charge in [-0.2, -0.15) is 0 Å². The first-order chi connectivity index (χ1) is 10.8. The molecule has 0 amide bonds. The summed E-state index contributed by atoms with van der Waals surface area (Å²) >= 11 is 0. The second-order valence-electron chi connectivity index (χ2n) is 8.35. The maximum Gasteiger partial charge on any atom is 0.0543 e. The molecular formula is C21H40O. The van der Waals surface area contributed by atoms with Gasteiger partial charge in [-0.15, -0.1) is 0 Å². The fraction of sp³-hybridized carbons (Fsp3) is 1.00. The van der Waals surface area contributed by atoms with Gasteiger partial charge in [-0.05, 0) is 37.0 Å². The summed E-state index contributed by atoms with van der Waals surface area (Å²) in [5.41, 5.74) is 0. The zero-order valence-corrected chi connectivity index (χ0v) is 15.1. The van der Waals surface area contributed by atoms with Gasteiger partial charge in [-0.3, -0.25) is 0 Å². The van der Waals surface area contributed by atoms with Crippen LogP contribution in [0.1, 0.15) is 110 Å². The highest BCUT2D eigenvalue weighted by Gasteiger charge is 2.22. The van der Waals surface area contributed by atoms with Gasteiger partial charge in [0.1, 0.15) is 0 Å². The normalized spacial score (nSPS) is 28.6. The lowest BCUT2D eigenvalue weighted by Crippen LogP contribution is -2.19. The van der Waals surface area contributed by atoms with Crippen LogP contribution in [0.3, 0.4) is 0 Å². The molecule has 2 saturated carbocycles. The summed E-state index contributed by atoms with van der Waals surface area (Å²) < 4.78 is 0. The van der Waals surface area contributed by atoms with E-state index < -0.39 is 0 Å². The van der Waals surface area contributed by atoms with Crippen LogP contribution in [0.15, 0.2) is 0 Å². The molecule has 1 N–H and O–H groups in total.